The van der Waals surface area contributed by atoms with Gasteiger partial charge in [-0.15, -0.1) is 0 Å². The number of hydrogen-bond donors (Lipinski definition) is 4. The second kappa shape index (κ2) is 5.35. The summed E-state index contributed by atoms with van der Waals surface area (Å²) in [6.45, 7) is -0.404. The zero-order valence-corrected chi connectivity index (χ0v) is 11.8. The molecule has 0 bridgehead atoms. The van der Waals surface area contributed by atoms with E-state index in [0.717, 1.165) is 0 Å². The van der Waals surface area contributed by atoms with Crippen molar-refractivity contribution >= 4 is 28.6 Å². The lowest BCUT2D eigenvalue weighted by molar-refractivity contribution is -0.0511. The standard InChI is InChI=1S/C11H14ClN5O4/c1-13-8-5-9(16-11(12)15-8)17(3-14-5)10-7(20)6(19)4(2-18)21-10/h3-4,6-7,10,18-20H,2H2,1H3,(H,13,15,16). The quantitative estimate of drug-likeness (QED) is 0.539. The van der Waals surface area contributed by atoms with Gasteiger partial charge in [-0.3, -0.25) is 4.57 Å². The Bertz CT molecular complexity index is 665. The molecule has 10 heteroatoms. The van der Waals surface area contributed by atoms with E-state index in [-0.39, 0.29) is 5.28 Å². The molecule has 2 aromatic rings. The van der Waals surface area contributed by atoms with Crippen molar-refractivity contribution in [1.82, 2.24) is 19.5 Å². The van der Waals surface area contributed by atoms with Gasteiger partial charge >= 0.3 is 0 Å². The van der Waals surface area contributed by atoms with Gasteiger partial charge in [-0.25, -0.2) is 4.98 Å². The minimum atomic E-state index is -1.22. The van der Waals surface area contributed by atoms with E-state index in [4.69, 9.17) is 21.4 Å². The van der Waals surface area contributed by atoms with E-state index in [0.29, 0.717) is 17.0 Å². The smallest absolute Gasteiger partial charge is 0.226 e. The minimum absolute atomic E-state index is 0.0142. The first-order valence-electron chi connectivity index (χ1n) is 6.27. The highest BCUT2D eigenvalue weighted by Gasteiger charge is 2.44. The van der Waals surface area contributed by atoms with Crippen LogP contribution in [-0.2, 0) is 4.74 Å². The zero-order chi connectivity index (χ0) is 15.1. The highest BCUT2D eigenvalue weighted by Crippen LogP contribution is 2.32. The van der Waals surface area contributed by atoms with Crippen LogP contribution < -0.4 is 5.32 Å². The monoisotopic (exact) mass is 315 g/mol. The SMILES string of the molecule is CNc1nc(Cl)nc2c1ncn2C1OC(CO)C(O)C1O. The predicted molar refractivity (Wildman–Crippen MR) is 72.9 cm³/mol. The Hall–Kier alpha value is -1.52. The minimum Gasteiger partial charge on any atom is -0.394 e. The van der Waals surface area contributed by atoms with Crippen LogP contribution in [-0.4, -0.2) is 66.8 Å². The summed E-state index contributed by atoms with van der Waals surface area (Å²) in [7, 11) is 1.67. The highest BCUT2D eigenvalue weighted by molar-refractivity contribution is 6.28. The Balaban J connectivity index is 2.07. The van der Waals surface area contributed by atoms with E-state index >= 15 is 0 Å². The maximum absolute atomic E-state index is 10.1. The molecule has 0 saturated carbocycles. The molecule has 0 aliphatic carbocycles. The number of hydrogen-bond acceptors (Lipinski definition) is 8. The number of imidazole rings is 1. The lowest BCUT2D eigenvalue weighted by atomic mass is 10.1. The van der Waals surface area contributed by atoms with Crippen LogP contribution in [0, 0.1) is 0 Å². The van der Waals surface area contributed by atoms with Gasteiger partial charge in [-0.05, 0) is 11.6 Å². The molecule has 21 heavy (non-hydrogen) atoms. The third-order valence-electron chi connectivity index (χ3n) is 3.42. The largest absolute Gasteiger partial charge is 0.394 e. The van der Waals surface area contributed by atoms with Crippen LogP contribution in [0.3, 0.4) is 0 Å². The second-order valence-corrected chi connectivity index (χ2v) is 4.98. The third-order valence-corrected chi connectivity index (χ3v) is 3.59. The predicted octanol–water partition coefficient (Wildman–Crippen LogP) is -0.867. The van der Waals surface area contributed by atoms with Crippen molar-refractivity contribution in [3.05, 3.63) is 11.6 Å². The number of aliphatic hydroxyl groups is 3. The molecule has 4 unspecified atom stereocenters. The van der Waals surface area contributed by atoms with Crippen LogP contribution in [0.1, 0.15) is 6.23 Å². The van der Waals surface area contributed by atoms with Gasteiger partial charge in [0.05, 0.1) is 12.9 Å². The summed E-state index contributed by atoms with van der Waals surface area (Å²) in [6, 6.07) is 0. The van der Waals surface area contributed by atoms with Crippen LogP contribution in [0.15, 0.2) is 6.33 Å². The molecular weight excluding hydrogens is 302 g/mol. The summed E-state index contributed by atoms with van der Waals surface area (Å²) in [5.41, 5.74) is 0.814. The second-order valence-electron chi connectivity index (χ2n) is 4.64. The molecule has 2 aromatic heterocycles. The van der Waals surface area contributed by atoms with Gasteiger partial charge in [0, 0.05) is 7.05 Å². The molecule has 114 valence electrons. The molecule has 0 spiro atoms. The molecule has 1 aliphatic rings. The van der Waals surface area contributed by atoms with Crippen molar-refractivity contribution in [3.8, 4) is 0 Å². The molecule has 4 atom stereocenters. The fourth-order valence-electron chi connectivity index (χ4n) is 2.36. The van der Waals surface area contributed by atoms with Crippen molar-refractivity contribution in [2.45, 2.75) is 24.5 Å². The number of rotatable bonds is 3. The van der Waals surface area contributed by atoms with E-state index in [1.54, 1.807) is 7.05 Å². The van der Waals surface area contributed by atoms with Crippen molar-refractivity contribution < 1.29 is 20.1 Å². The molecule has 0 radical (unpaired) electrons. The number of aliphatic hydroxyl groups excluding tert-OH is 3. The fraction of sp³-hybridized carbons (Fsp3) is 0.545. The molecule has 4 N–H and O–H groups in total. The summed E-state index contributed by atoms with van der Waals surface area (Å²) in [6.07, 6.45) is -2.79. The lowest BCUT2D eigenvalue weighted by Gasteiger charge is -2.16. The number of anilines is 1. The van der Waals surface area contributed by atoms with E-state index < -0.39 is 31.1 Å². The number of halogens is 1. The summed E-state index contributed by atoms with van der Waals surface area (Å²) >= 11 is 5.86. The molecule has 0 aromatic carbocycles. The van der Waals surface area contributed by atoms with E-state index in [1.165, 1.54) is 10.9 Å². The Labute approximate surface area is 124 Å². The first kappa shape index (κ1) is 14.4. The topological polar surface area (TPSA) is 126 Å². The van der Waals surface area contributed by atoms with Crippen LogP contribution in [0.5, 0.6) is 0 Å². The van der Waals surface area contributed by atoms with Crippen molar-refractivity contribution in [2.75, 3.05) is 19.0 Å². The van der Waals surface area contributed by atoms with Gasteiger partial charge in [0.2, 0.25) is 5.28 Å². The summed E-state index contributed by atoms with van der Waals surface area (Å²) < 4.78 is 6.90. The van der Waals surface area contributed by atoms with Crippen LogP contribution >= 0.6 is 11.6 Å². The molecule has 9 nitrogen and oxygen atoms in total. The Morgan fingerprint density at radius 1 is 1.38 bits per heavy atom. The maximum atomic E-state index is 10.1. The number of aromatic nitrogens is 4. The summed E-state index contributed by atoms with van der Waals surface area (Å²) in [5.74, 6) is 0.440. The number of nitrogens with zero attached hydrogens (tertiary/aromatic N) is 4. The van der Waals surface area contributed by atoms with E-state index in [1.807, 2.05) is 0 Å². The summed E-state index contributed by atoms with van der Waals surface area (Å²) in [4.78, 5) is 12.2. The molecule has 0 amide bonds. The molecular formula is C11H14ClN5O4. The molecule has 1 fully saturated rings. The molecule has 3 heterocycles. The third kappa shape index (κ3) is 2.23. The van der Waals surface area contributed by atoms with Gasteiger partial charge in [0.1, 0.15) is 18.3 Å². The van der Waals surface area contributed by atoms with E-state index in [2.05, 4.69) is 20.3 Å². The van der Waals surface area contributed by atoms with Crippen LogP contribution in [0.25, 0.3) is 11.2 Å². The Morgan fingerprint density at radius 2 is 2.14 bits per heavy atom. The van der Waals surface area contributed by atoms with Crippen LogP contribution in [0.4, 0.5) is 5.82 Å². The normalized spacial score (nSPS) is 29.2. The van der Waals surface area contributed by atoms with Gasteiger partial charge in [0.15, 0.2) is 23.2 Å². The van der Waals surface area contributed by atoms with Crippen molar-refractivity contribution in [1.29, 1.82) is 0 Å². The molecule has 1 saturated heterocycles. The zero-order valence-electron chi connectivity index (χ0n) is 11.0. The lowest BCUT2D eigenvalue weighted by Crippen LogP contribution is -2.33. The summed E-state index contributed by atoms with van der Waals surface area (Å²) in [5, 5.41) is 31.9. The number of ether oxygens (including phenoxy) is 1. The van der Waals surface area contributed by atoms with Crippen LogP contribution in [0.2, 0.25) is 5.28 Å². The highest BCUT2D eigenvalue weighted by atomic mass is 35.5. The Kier molecular flexibility index (Phi) is 3.68. The number of nitrogens with one attached hydrogen (secondary N) is 1. The average Bonchev–Trinajstić information content (AvgIpc) is 3.01. The van der Waals surface area contributed by atoms with Gasteiger partial charge < -0.3 is 25.4 Å². The van der Waals surface area contributed by atoms with E-state index in [9.17, 15) is 10.2 Å². The Morgan fingerprint density at radius 3 is 2.76 bits per heavy atom. The molecule has 1 aliphatic heterocycles. The van der Waals surface area contributed by atoms with Gasteiger partial charge in [-0.2, -0.15) is 9.97 Å². The van der Waals surface area contributed by atoms with Gasteiger partial charge in [0.25, 0.3) is 0 Å². The molecule has 3 rings (SSSR count). The maximum Gasteiger partial charge on any atom is 0.226 e. The fourth-order valence-corrected chi connectivity index (χ4v) is 2.52. The average molecular weight is 316 g/mol. The van der Waals surface area contributed by atoms with Crippen molar-refractivity contribution in [3.63, 3.8) is 0 Å². The van der Waals surface area contributed by atoms with Gasteiger partial charge in [-0.1, -0.05) is 0 Å². The first-order chi connectivity index (χ1) is 10.1. The number of fused-ring (bicyclic) bond motifs is 1. The first-order valence-corrected chi connectivity index (χ1v) is 6.65. The van der Waals surface area contributed by atoms with Crippen molar-refractivity contribution in [2.24, 2.45) is 0 Å².